The summed E-state index contributed by atoms with van der Waals surface area (Å²) in [6.45, 7) is -0.489. The third-order valence-corrected chi connectivity index (χ3v) is 5.20. The first-order valence-corrected chi connectivity index (χ1v) is 10.7. The van der Waals surface area contributed by atoms with Gasteiger partial charge in [-0.15, -0.1) is 0 Å². The quantitative estimate of drug-likeness (QED) is 0.207. The molecule has 0 bridgehead atoms. The van der Waals surface area contributed by atoms with Crippen molar-refractivity contribution in [3.63, 3.8) is 0 Å². The third-order valence-electron chi connectivity index (χ3n) is 5.20. The largest absolute Gasteiger partial charge is 0.400 e. The second-order valence-corrected chi connectivity index (χ2v) is 7.55. The molecule has 0 aliphatic carbocycles. The van der Waals surface area contributed by atoms with E-state index in [-0.39, 0.29) is 26.2 Å². The SMILES string of the molecule is CO.Cc1c(F)c(F)c(CO)c(F)c1F.Cc1c(F)c(F)c(CO)c(F)c1F.Cc1c(F)c(F)c(CO)c(F)c1F.[Zr]. The number of benzene rings is 3. The molecule has 0 saturated heterocycles. The second kappa shape index (κ2) is 18.3. The van der Waals surface area contributed by atoms with Gasteiger partial charge in [0.25, 0.3) is 0 Å². The molecule has 4 nitrogen and oxygen atoms in total. The van der Waals surface area contributed by atoms with Gasteiger partial charge >= 0.3 is 0 Å². The van der Waals surface area contributed by atoms with E-state index < -0.39 is 123 Å². The van der Waals surface area contributed by atoms with Crippen LogP contribution in [-0.4, -0.2) is 27.5 Å². The summed E-state index contributed by atoms with van der Waals surface area (Å²) >= 11 is 0. The Hall–Kier alpha value is -2.46. The van der Waals surface area contributed by atoms with Crippen LogP contribution < -0.4 is 0 Å². The van der Waals surface area contributed by atoms with Crippen molar-refractivity contribution >= 4 is 0 Å². The van der Waals surface area contributed by atoms with Crippen molar-refractivity contribution in [2.24, 2.45) is 0 Å². The Kier molecular flexibility index (Phi) is 18.1. The number of halogens is 12. The second-order valence-electron chi connectivity index (χ2n) is 7.55. The van der Waals surface area contributed by atoms with Gasteiger partial charge in [0.05, 0.1) is 36.5 Å². The van der Waals surface area contributed by atoms with Gasteiger partial charge in [-0.2, -0.15) is 0 Å². The van der Waals surface area contributed by atoms with E-state index in [2.05, 4.69) is 0 Å². The zero-order valence-corrected chi connectivity index (χ0v) is 24.4. The Labute approximate surface area is 250 Å². The van der Waals surface area contributed by atoms with Crippen LogP contribution in [0, 0.1) is 90.6 Å². The normalized spacial score (nSPS) is 10.0. The van der Waals surface area contributed by atoms with Gasteiger partial charge in [0.15, 0.2) is 69.8 Å². The maximum absolute atomic E-state index is 12.8. The summed E-state index contributed by atoms with van der Waals surface area (Å²) in [4.78, 5) is 0. The van der Waals surface area contributed by atoms with Crippen LogP contribution in [0.2, 0.25) is 0 Å². The molecule has 0 radical (unpaired) electrons. The first kappa shape index (κ1) is 41.7. The number of rotatable bonds is 3. The van der Waals surface area contributed by atoms with Gasteiger partial charge in [-0.25, -0.2) is 52.7 Å². The van der Waals surface area contributed by atoms with Gasteiger partial charge in [0, 0.05) is 50.0 Å². The van der Waals surface area contributed by atoms with E-state index in [0.29, 0.717) is 0 Å². The molecule has 0 aliphatic heterocycles. The Morgan fingerprint density at radius 2 is 0.452 bits per heavy atom. The number of hydrogen-bond acceptors (Lipinski definition) is 4. The summed E-state index contributed by atoms with van der Waals surface area (Å²) in [6, 6.07) is 0. The molecule has 0 saturated carbocycles. The first-order valence-electron chi connectivity index (χ1n) is 10.7. The van der Waals surface area contributed by atoms with E-state index in [9.17, 15) is 52.7 Å². The summed E-state index contributed by atoms with van der Waals surface area (Å²) < 4.78 is 153. The van der Waals surface area contributed by atoms with Crippen LogP contribution in [0.1, 0.15) is 33.4 Å². The van der Waals surface area contributed by atoms with E-state index >= 15 is 0 Å². The van der Waals surface area contributed by atoms with Gasteiger partial charge in [-0.1, -0.05) is 0 Å². The fourth-order valence-corrected chi connectivity index (χ4v) is 2.78. The van der Waals surface area contributed by atoms with Crippen molar-refractivity contribution in [1.29, 1.82) is 0 Å². The molecule has 234 valence electrons. The van der Waals surface area contributed by atoms with Crippen molar-refractivity contribution in [3.05, 3.63) is 103 Å². The molecule has 0 fully saturated rings. The molecule has 0 amide bonds. The zero-order chi connectivity index (χ0) is 32.5. The zero-order valence-electron chi connectivity index (χ0n) is 21.9. The molecular formula is C25H22F12O4Zr. The van der Waals surface area contributed by atoms with Crippen LogP contribution in [0.4, 0.5) is 52.7 Å². The number of aliphatic hydroxyl groups is 4. The predicted octanol–water partition coefficient (Wildman–Crippen LogP) is 5.74. The van der Waals surface area contributed by atoms with E-state index in [0.717, 1.165) is 27.9 Å². The fourth-order valence-electron chi connectivity index (χ4n) is 2.78. The molecule has 42 heavy (non-hydrogen) atoms. The summed E-state index contributed by atoms with van der Waals surface area (Å²) in [5, 5.41) is 32.3. The molecule has 4 N–H and O–H groups in total. The van der Waals surface area contributed by atoms with Crippen molar-refractivity contribution in [3.8, 4) is 0 Å². The Balaban J connectivity index is 0. The van der Waals surface area contributed by atoms with Crippen LogP contribution in [0.3, 0.4) is 0 Å². The van der Waals surface area contributed by atoms with E-state index in [1.54, 1.807) is 0 Å². The minimum atomic E-state index is -1.54. The fraction of sp³-hybridized carbons (Fsp3) is 0.280. The molecule has 0 unspecified atom stereocenters. The summed E-state index contributed by atoms with van der Waals surface area (Å²) in [7, 11) is 1.00. The monoisotopic (exact) mass is 704 g/mol. The molecule has 0 heterocycles. The number of aliphatic hydroxyl groups excluding tert-OH is 4. The average Bonchev–Trinajstić information content (AvgIpc) is 2.97. The maximum atomic E-state index is 12.8. The van der Waals surface area contributed by atoms with Gasteiger partial charge in [0.2, 0.25) is 0 Å². The molecule has 0 aromatic heterocycles. The summed E-state index contributed by atoms with van der Waals surface area (Å²) in [5.74, 6) is -18.1. The minimum absolute atomic E-state index is 0. The smallest absolute Gasteiger partial charge is 0.167 e. The van der Waals surface area contributed by atoms with Crippen LogP contribution in [0.5, 0.6) is 0 Å². The van der Waals surface area contributed by atoms with Crippen LogP contribution in [0.25, 0.3) is 0 Å². The molecule has 3 aromatic rings. The first-order chi connectivity index (χ1) is 19.0. The Morgan fingerprint density at radius 3 is 0.548 bits per heavy atom. The van der Waals surface area contributed by atoms with E-state index in [1.165, 1.54) is 0 Å². The summed E-state index contributed by atoms with van der Waals surface area (Å²) in [6.07, 6.45) is 0. The van der Waals surface area contributed by atoms with Crippen LogP contribution >= 0.6 is 0 Å². The van der Waals surface area contributed by atoms with Gasteiger partial charge < -0.3 is 20.4 Å². The topological polar surface area (TPSA) is 80.9 Å². The third kappa shape index (κ3) is 8.79. The van der Waals surface area contributed by atoms with Crippen molar-refractivity contribution in [2.45, 2.75) is 40.6 Å². The molecule has 0 aliphatic rings. The van der Waals surface area contributed by atoms with Crippen molar-refractivity contribution < 1.29 is 99.3 Å². The molecule has 3 rings (SSSR count). The van der Waals surface area contributed by atoms with Crippen LogP contribution in [0.15, 0.2) is 0 Å². The van der Waals surface area contributed by atoms with Gasteiger partial charge in [-0.05, 0) is 20.8 Å². The Bertz CT molecular complexity index is 1130. The minimum Gasteiger partial charge on any atom is -0.400 e. The van der Waals surface area contributed by atoms with Gasteiger partial charge in [-0.3, -0.25) is 0 Å². The molecule has 3 aromatic carbocycles. The standard InChI is InChI=1S/3C8H6F4O.CH4O.Zr/c3*1-3-5(9)7(11)4(2-13)8(12)6(3)10;1-2;/h3*13H,2H2,1H3;2H,1H3;. The van der Waals surface area contributed by atoms with E-state index in [4.69, 9.17) is 20.4 Å². The van der Waals surface area contributed by atoms with Crippen molar-refractivity contribution in [2.75, 3.05) is 7.11 Å². The van der Waals surface area contributed by atoms with Crippen molar-refractivity contribution in [1.82, 2.24) is 0 Å². The molecular weight excluding hydrogens is 683 g/mol. The van der Waals surface area contributed by atoms with Gasteiger partial charge in [0.1, 0.15) is 0 Å². The number of hydrogen-bond donors (Lipinski definition) is 4. The molecule has 0 atom stereocenters. The maximum Gasteiger partial charge on any atom is 0.167 e. The molecule has 17 heteroatoms. The average molecular weight is 706 g/mol. The van der Waals surface area contributed by atoms with E-state index in [1.807, 2.05) is 0 Å². The predicted molar refractivity (Wildman–Crippen MR) is 119 cm³/mol. The molecule has 0 spiro atoms. The van der Waals surface area contributed by atoms with Crippen LogP contribution in [-0.2, 0) is 46.0 Å². The Morgan fingerprint density at radius 1 is 0.333 bits per heavy atom. The summed E-state index contributed by atoms with van der Waals surface area (Å²) in [5.41, 5.74) is -5.14.